The first-order valence-corrected chi connectivity index (χ1v) is 6.46. The predicted octanol–water partition coefficient (Wildman–Crippen LogP) is 3.75. The van der Waals surface area contributed by atoms with Crippen LogP contribution in [0.25, 0.3) is 10.8 Å². The molecule has 0 saturated carbocycles. The van der Waals surface area contributed by atoms with Crippen LogP contribution in [-0.4, -0.2) is 21.2 Å². The Morgan fingerprint density at radius 1 is 1.10 bits per heavy atom. The topological polar surface area (TPSA) is 66.3 Å². The second kappa shape index (κ2) is 5.20. The van der Waals surface area contributed by atoms with Gasteiger partial charge in [-0.25, -0.2) is 9.69 Å². The Bertz CT molecular complexity index is 812. The molecule has 5 heteroatoms. The molecule has 0 atom stereocenters. The second-order valence-corrected chi connectivity index (χ2v) is 4.60. The van der Waals surface area contributed by atoms with Crippen LogP contribution in [0, 0.1) is 6.92 Å². The van der Waals surface area contributed by atoms with Crippen molar-refractivity contribution in [1.82, 2.24) is 9.97 Å². The number of benzene rings is 1. The van der Waals surface area contributed by atoms with Gasteiger partial charge in [0.2, 0.25) is 0 Å². The van der Waals surface area contributed by atoms with Gasteiger partial charge in [0.1, 0.15) is 0 Å². The fourth-order valence-corrected chi connectivity index (χ4v) is 2.34. The van der Waals surface area contributed by atoms with Gasteiger partial charge < -0.3 is 5.11 Å². The van der Waals surface area contributed by atoms with Crippen molar-refractivity contribution in [1.29, 1.82) is 0 Å². The standard InChI is InChI=1S/C16H13N3O2/c1-11-14(6-3-8-18-11)19(16(20)21)15-5-2-4-12-7-9-17-10-13(12)15/h2-10H,1H3,(H,20,21). The molecule has 2 aromatic heterocycles. The molecule has 1 N–H and O–H groups in total. The van der Waals surface area contributed by atoms with Crippen LogP contribution in [0.2, 0.25) is 0 Å². The van der Waals surface area contributed by atoms with Gasteiger partial charge in [-0.3, -0.25) is 9.97 Å². The number of hydrogen-bond donors (Lipinski definition) is 1. The maximum Gasteiger partial charge on any atom is 0.416 e. The summed E-state index contributed by atoms with van der Waals surface area (Å²) < 4.78 is 0. The van der Waals surface area contributed by atoms with Gasteiger partial charge in [-0.1, -0.05) is 12.1 Å². The van der Waals surface area contributed by atoms with Crippen LogP contribution >= 0.6 is 0 Å². The fourth-order valence-electron chi connectivity index (χ4n) is 2.34. The van der Waals surface area contributed by atoms with E-state index in [9.17, 15) is 9.90 Å². The number of hydrogen-bond acceptors (Lipinski definition) is 3. The van der Waals surface area contributed by atoms with Gasteiger partial charge in [0, 0.05) is 24.0 Å². The van der Waals surface area contributed by atoms with Crippen molar-refractivity contribution in [2.24, 2.45) is 0 Å². The Balaban J connectivity index is 2.26. The number of carbonyl (C=O) groups is 1. The molecular weight excluding hydrogens is 266 g/mol. The first-order chi connectivity index (χ1) is 10.2. The van der Waals surface area contributed by atoms with Gasteiger partial charge >= 0.3 is 6.09 Å². The van der Waals surface area contributed by atoms with Crippen molar-refractivity contribution in [2.75, 3.05) is 4.90 Å². The van der Waals surface area contributed by atoms with Crippen LogP contribution in [0.5, 0.6) is 0 Å². The Morgan fingerprint density at radius 3 is 2.67 bits per heavy atom. The van der Waals surface area contributed by atoms with E-state index in [0.717, 1.165) is 10.8 Å². The summed E-state index contributed by atoms with van der Waals surface area (Å²) in [5.41, 5.74) is 1.77. The molecule has 21 heavy (non-hydrogen) atoms. The molecule has 0 fully saturated rings. The molecule has 0 radical (unpaired) electrons. The highest BCUT2D eigenvalue weighted by Gasteiger charge is 2.21. The summed E-state index contributed by atoms with van der Waals surface area (Å²) in [4.78, 5) is 21.3. The molecular formula is C16H13N3O2. The summed E-state index contributed by atoms with van der Waals surface area (Å²) in [6.07, 6.45) is 3.95. The van der Waals surface area contributed by atoms with Crippen molar-refractivity contribution in [2.45, 2.75) is 6.92 Å². The van der Waals surface area contributed by atoms with Crippen molar-refractivity contribution >= 4 is 28.2 Å². The van der Waals surface area contributed by atoms with E-state index in [1.165, 1.54) is 4.90 Å². The minimum absolute atomic E-state index is 0.543. The number of aryl methyl sites for hydroxylation is 1. The lowest BCUT2D eigenvalue weighted by Gasteiger charge is -2.22. The number of carboxylic acid groups (broad SMARTS) is 1. The molecule has 5 nitrogen and oxygen atoms in total. The highest BCUT2D eigenvalue weighted by atomic mass is 16.4. The van der Waals surface area contributed by atoms with Crippen LogP contribution in [0.3, 0.4) is 0 Å². The first kappa shape index (κ1) is 13.1. The van der Waals surface area contributed by atoms with Crippen LogP contribution in [0.4, 0.5) is 16.2 Å². The average molecular weight is 279 g/mol. The van der Waals surface area contributed by atoms with Gasteiger partial charge in [-0.2, -0.15) is 0 Å². The van der Waals surface area contributed by atoms with E-state index in [-0.39, 0.29) is 0 Å². The van der Waals surface area contributed by atoms with E-state index in [1.807, 2.05) is 18.2 Å². The lowest BCUT2D eigenvalue weighted by Crippen LogP contribution is -2.24. The summed E-state index contributed by atoms with van der Waals surface area (Å²) in [6, 6.07) is 10.8. The maximum atomic E-state index is 11.8. The number of aromatic nitrogens is 2. The second-order valence-electron chi connectivity index (χ2n) is 4.60. The number of fused-ring (bicyclic) bond motifs is 1. The quantitative estimate of drug-likeness (QED) is 0.775. The third-order valence-corrected chi connectivity index (χ3v) is 3.31. The summed E-state index contributed by atoms with van der Waals surface area (Å²) in [7, 11) is 0. The molecule has 1 amide bonds. The molecule has 1 aromatic carbocycles. The molecule has 0 spiro atoms. The normalized spacial score (nSPS) is 10.5. The lowest BCUT2D eigenvalue weighted by atomic mass is 10.1. The smallest absolute Gasteiger partial charge is 0.416 e. The number of anilines is 2. The summed E-state index contributed by atoms with van der Waals surface area (Å²) in [5.74, 6) is 0. The minimum Gasteiger partial charge on any atom is -0.464 e. The third-order valence-electron chi connectivity index (χ3n) is 3.31. The molecule has 0 saturated heterocycles. The van der Waals surface area contributed by atoms with E-state index in [0.29, 0.717) is 17.1 Å². The molecule has 0 aliphatic rings. The third kappa shape index (κ3) is 2.29. The zero-order chi connectivity index (χ0) is 14.8. The van der Waals surface area contributed by atoms with Crippen molar-refractivity contribution in [3.05, 3.63) is 60.7 Å². The molecule has 3 aromatic rings. The van der Waals surface area contributed by atoms with Gasteiger partial charge in [0.25, 0.3) is 0 Å². The van der Waals surface area contributed by atoms with Gasteiger partial charge in [0.15, 0.2) is 0 Å². The Labute approximate surface area is 121 Å². The van der Waals surface area contributed by atoms with Crippen LogP contribution < -0.4 is 4.90 Å². The monoisotopic (exact) mass is 279 g/mol. The first-order valence-electron chi connectivity index (χ1n) is 6.46. The maximum absolute atomic E-state index is 11.8. The van der Waals surface area contributed by atoms with Crippen molar-refractivity contribution in [3.8, 4) is 0 Å². The van der Waals surface area contributed by atoms with Gasteiger partial charge in [-0.15, -0.1) is 0 Å². The summed E-state index contributed by atoms with van der Waals surface area (Å²) in [5, 5.41) is 11.4. The zero-order valence-electron chi connectivity index (χ0n) is 11.4. The lowest BCUT2D eigenvalue weighted by molar-refractivity contribution is 0.205. The largest absolute Gasteiger partial charge is 0.464 e. The predicted molar refractivity (Wildman–Crippen MR) is 80.9 cm³/mol. The number of nitrogens with zero attached hydrogens (tertiary/aromatic N) is 3. The highest BCUT2D eigenvalue weighted by molar-refractivity contribution is 6.05. The number of pyridine rings is 2. The van der Waals surface area contributed by atoms with Crippen LogP contribution in [0.15, 0.2) is 55.0 Å². The van der Waals surface area contributed by atoms with E-state index >= 15 is 0 Å². The minimum atomic E-state index is -1.05. The Kier molecular flexibility index (Phi) is 3.23. The summed E-state index contributed by atoms with van der Waals surface area (Å²) in [6.45, 7) is 1.79. The molecule has 0 unspecified atom stereocenters. The Morgan fingerprint density at radius 2 is 1.90 bits per heavy atom. The van der Waals surface area contributed by atoms with Crippen LogP contribution in [-0.2, 0) is 0 Å². The SMILES string of the molecule is Cc1ncccc1N(C(=O)O)c1cccc2ccncc12. The molecule has 104 valence electrons. The number of amides is 1. The molecule has 2 heterocycles. The average Bonchev–Trinajstić information content (AvgIpc) is 2.49. The van der Waals surface area contributed by atoms with Gasteiger partial charge in [0.05, 0.1) is 17.1 Å². The van der Waals surface area contributed by atoms with E-state index in [1.54, 1.807) is 43.7 Å². The zero-order valence-corrected chi connectivity index (χ0v) is 11.4. The van der Waals surface area contributed by atoms with Crippen molar-refractivity contribution in [3.63, 3.8) is 0 Å². The molecule has 3 rings (SSSR count). The van der Waals surface area contributed by atoms with E-state index in [2.05, 4.69) is 9.97 Å². The van der Waals surface area contributed by atoms with Gasteiger partial charge in [-0.05, 0) is 36.6 Å². The van der Waals surface area contributed by atoms with E-state index < -0.39 is 6.09 Å². The highest BCUT2D eigenvalue weighted by Crippen LogP contribution is 2.32. The molecule has 0 bridgehead atoms. The van der Waals surface area contributed by atoms with Crippen LogP contribution in [0.1, 0.15) is 5.69 Å². The summed E-state index contributed by atoms with van der Waals surface area (Å²) >= 11 is 0. The van der Waals surface area contributed by atoms with Crippen molar-refractivity contribution < 1.29 is 9.90 Å². The Hall–Kier alpha value is -2.95. The molecule has 0 aliphatic carbocycles. The fraction of sp³-hybridized carbons (Fsp3) is 0.0625. The molecule has 0 aliphatic heterocycles. The number of rotatable bonds is 2. The van der Waals surface area contributed by atoms with E-state index in [4.69, 9.17) is 0 Å².